The Balaban J connectivity index is 1.80. The third kappa shape index (κ3) is 3.37. The third-order valence-electron chi connectivity index (χ3n) is 3.88. The minimum absolute atomic E-state index is 0.224. The summed E-state index contributed by atoms with van der Waals surface area (Å²) in [6.45, 7) is 2.23. The Labute approximate surface area is 108 Å². The van der Waals surface area contributed by atoms with Gasteiger partial charge in [-0.2, -0.15) is 4.80 Å². The van der Waals surface area contributed by atoms with Gasteiger partial charge in [0.2, 0.25) is 0 Å². The fourth-order valence-electron chi connectivity index (χ4n) is 2.88. The molecular weight excluding hydrogens is 228 g/mol. The van der Waals surface area contributed by atoms with E-state index in [1.807, 2.05) is 0 Å². The fourth-order valence-corrected chi connectivity index (χ4v) is 2.88. The van der Waals surface area contributed by atoms with E-state index in [0.717, 1.165) is 18.8 Å². The highest BCUT2D eigenvalue weighted by atomic mass is 16.1. The van der Waals surface area contributed by atoms with E-state index in [0.29, 0.717) is 12.2 Å². The first kappa shape index (κ1) is 13.2. The molecule has 0 N–H and O–H groups in total. The van der Waals surface area contributed by atoms with Crippen molar-refractivity contribution in [3.05, 3.63) is 5.82 Å². The van der Waals surface area contributed by atoms with Crippen LogP contribution in [0.4, 0.5) is 0 Å². The van der Waals surface area contributed by atoms with Crippen molar-refractivity contribution in [2.45, 2.75) is 51.9 Å². The number of Topliss-reactive ketones (excluding diaryl/α,β-unsaturated/α-hetero) is 1. The molecule has 1 saturated carbocycles. The molecular formula is C13H22N4O. The van der Waals surface area contributed by atoms with E-state index < -0.39 is 0 Å². The summed E-state index contributed by atoms with van der Waals surface area (Å²) >= 11 is 0. The van der Waals surface area contributed by atoms with Gasteiger partial charge in [0, 0.05) is 5.92 Å². The second kappa shape index (κ2) is 6.07. The zero-order valence-corrected chi connectivity index (χ0v) is 11.3. The Bertz CT molecular complexity index is 393. The van der Waals surface area contributed by atoms with Gasteiger partial charge in [-0.1, -0.05) is 19.8 Å². The molecule has 5 nitrogen and oxygen atoms in total. The highest BCUT2D eigenvalue weighted by molar-refractivity contribution is 5.82. The van der Waals surface area contributed by atoms with Crippen molar-refractivity contribution < 1.29 is 4.79 Å². The average molecular weight is 250 g/mol. The summed E-state index contributed by atoms with van der Waals surface area (Å²) in [5.41, 5.74) is 0. The second-order valence-electron chi connectivity index (χ2n) is 5.34. The Morgan fingerprint density at radius 3 is 2.61 bits per heavy atom. The second-order valence-corrected chi connectivity index (χ2v) is 5.34. The lowest BCUT2D eigenvalue weighted by atomic mass is 9.78. The van der Waals surface area contributed by atoms with Gasteiger partial charge in [0.25, 0.3) is 0 Å². The van der Waals surface area contributed by atoms with E-state index in [2.05, 4.69) is 22.3 Å². The Kier molecular flexibility index (Phi) is 4.44. The lowest BCUT2D eigenvalue weighted by Crippen LogP contribution is -2.23. The minimum Gasteiger partial charge on any atom is -0.299 e. The predicted octanol–water partition coefficient (Wildman–Crippen LogP) is 1.93. The van der Waals surface area contributed by atoms with Gasteiger partial charge >= 0.3 is 0 Å². The molecule has 0 aromatic carbocycles. The molecule has 0 unspecified atom stereocenters. The summed E-state index contributed by atoms with van der Waals surface area (Å²) in [6, 6.07) is 0. The van der Waals surface area contributed by atoms with Gasteiger partial charge in [-0.15, -0.1) is 10.2 Å². The first-order valence-electron chi connectivity index (χ1n) is 6.94. The molecule has 1 fully saturated rings. The van der Waals surface area contributed by atoms with Crippen molar-refractivity contribution in [2.24, 2.45) is 18.9 Å². The van der Waals surface area contributed by atoms with E-state index >= 15 is 0 Å². The quantitative estimate of drug-likeness (QED) is 0.801. The molecule has 1 aromatic rings. The van der Waals surface area contributed by atoms with Crippen molar-refractivity contribution in [3.8, 4) is 0 Å². The Hall–Kier alpha value is -1.26. The molecule has 0 atom stereocenters. The third-order valence-corrected chi connectivity index (χ3v) is 3.88. The van der Waals surface area contributed by atoms with E-state index in [4.69, 9.17) is 0 Å². The summed E-state index contributed by atoms with van der Waals surface area (Å²) in [5.74, 6) is 1.91. The van der Waals surface area contributed by atoms with Gasteiger partial charge in [-0.25, -0.2) is 0 Å². The monoisotopic (exact) mass is 250 g/mol. The number of nitrogens with zero attached hydrogens (tertiary/aromatic N) is 4. The molecule has 1 heterocycles. The fraction of sp³-hybridized carbons (Fsp3) is 0.846. The predicted molar refractivity (Wildman–Crippen MR) is 67.9 cm³/mol. The van der Waals surface area contributed by atoms with Crippen molar-refractivity contribution in [1.82, 2.24) is 20.2 Å². The van der Waals surface area contributed by atoms with Crippen molar-refractivity contribution >= 4 is 5.78 Å². The van der Waals surface area contributed by atoms with Crippen LogP contribution in [0.2, 0.25) is 0 Å². The molecule has 0 radical (unpaired) electrons. The minimum atomic E-state index is 0.224. The van der Waals surface area contributed by atoms with Crippen LogP contribution >= 0.6 is 0 Å². The van der Waals surface area contributed by atoms with Crippen LogP contribution in [0.3, 0.4) is 0 Å². The average Bonchev–Trinajstić information content (AvgIpc) is 2.76. The largest absolute Gasteiger partial charge is 0.299 e. The summed E-state index contributed by atoms with van der Waals surface area (Å²) < 4.78 is 0. The number of carbonyl (C=O) groups is 1. The zero-order chi connectivity index (χ0) is 13.0. The molecule has 2 rings (SSSR count). The van der Waals surface area contributed by atoms with Gasteiger partial charge in [0.15, 0.2) is 5.82 Å². The molecule has 1 aliphatic carbocycles. The maximum Gasteiger partial charge on any atom is 0.182 e. The Morgan fingerprint density at radius 2 is 2.06 bits per heavy atom. The first-order chi connectivity index (χ1) is 8.69. The number of tetrazole rings is 1. The first-order valence-corrected chi connectivity index (χ1v) is 6.94. The van der Waals surface area contributed by atoms with Crippen molar-refractivity contribution in [1.29, 1.82) is 0 Å². The molecule has 0 spiro atoms. The number of hydrogen-bond donors (Lipinski definition) is 0. The van der Waals surface area contributed by atoms with Gasteiger partial charge in [0.05, 0.1) is 13.5 Å². The van der Waals surface area contributed by atoms with Crippen LogP contribution in [0, 0.1) is 11.8 Å². The molecule has 1 aliphatic rings. The number of hydrogen-bond acceptors (Lipinski definition) is 4. The standard InChI is InChI=1S/C13H22N4O/c1-3-4-10-5-7-11(8-6-10)12(18)9-13-14-16-17(2)15-13/h10-11H,3-9H2,1-2H3. The van der Waals surface area contributed by atoms with E-state index in [-0.39, 0.29) is 11.7 Å². The summed E-state index contributed by atoms with van der Waals surface area (Å²) in [7, 11) is 1.72. The van der Waals surface area contributed by atoms with Crippen LogP contribution in [0.15, 0.2) is 0 Å². The Morgan fingerprint density at radius 1 is 1.33 bits per heavy atom. The summed E-state index contributed by atoms with van der Waals surface area (Å²) in [4.78, 5) is 13.5. The highest BCUT2D eigenvalue weighted by Gasteiger charge is 2.26. The number of ketones is 1. The van der Waals surface area contributed by atoms with Crippen LogP contribution in [-0.4, -0.2) is 26.0 Å². The maximum absolute atomic E-state index is 12.1. The van der Waals surface area contributed by atoms with Gasteiger partial charge in [-0.3, -0.25) is 4.79 Å². The molecule has 5 heteroatoms. The highest BCUT2D eigenvalue weighted by Crippen LogP contribution is 2.32. The summed E-state index contributed by atoms with van der Waals surface area (Å²) in [6.07, 6.45) is 7.42. The molecule has 100 valence electrons. The molecule has 0 bridgehead atoms. The molecule has 0 amide bonds. The number of carbonyl (C=O) groups excluding carboxylic acids is 1. The SMILES string of the molecule is CCCC1CCC(C(=O)Cc2nnn(C)n2)CC1. The summed E-state index contributed by atoms with van der Waals surface area (Å²) in [5, 5.41) is 11.7. The maximum atomic E-state index is 12.1. The van der Waals surface area contributed by atoms with Crippen LogP contribution in [0.25, 0.3) is 0 Å². The molecule has 1 aromatic heterocycles. The van der Waals surface area contributed by atoms with Crippen LogP contribution in [0.5, 0.6) is 0 Å². The molecule has 0 saturated heterocycles. The number of aromatic nitrogens is 4. The van der Waals surface area contributed by atoms with Crippen LogP contribution in [0.1, 0.15) is 51.3 Å². The van der Waals surface area contributed by atoms with E-state index in [9.17, 15) is 4.79 Å². The number of aryl methyl sites for hydroxylation is 1. The van der Waals surface area contributed by atoms with Gasteiger partial charge in [0.1, 0.15) is 5.78 Å². The van der Waals surface area contributed by atoms with E-state index in [1.54, 1.807) is 7.05 Å². The molecule has 0 aliphatic heterocycles. The van der Waals surface area contributed by atoms with Crippen molar-refractivity contribution in [2.75, 3.05) is 0 Å². The van der Waals surface area contributed by atoms with E-state index in [1.165, 1.54) is 30.5 Å². The molecule has 18 heavy (non-hydrogen) atoms. The topological polar surface area (TPSA) is 60.7 Å². The van der Waals surface area contributed by atoms with Gasteiger partial charge < -0.3 is 0 Å². The van der Waals surface area contributed by atoms with Crippen LogP contribution in [-0.2, 0) is 18.3 Å². The van der Waals surface area contributed by atoms with Crippen LogP contribution < -0.4 is 0 Å². The lowest BCUT2D eigenvalue weighted by Gasteiger charge is -2.27. The zero-order valence-electron chi connectivity index (χ0n) is 11.3. The smallest absolute Gasteiger partial charge is 0.182 e. The normalized spacial score (nSPS) is 24.1. The lowest BCUT2D eigenvalue weighted by molar-refractivity contribution is -0.123. The van der Waals surface area contributed by atoms with Gasteiger partial charge in [-0.05, 0) is 36.8 Å². The number of rotatable bonds is 5. The van der Waals surface area contributed by atoms with Crippen molar-refractivity contribution in [3.63, 3.8) is 0 Å².